The largest absolute Gasteiger partial charge is 0.462 e. The number of carbonyl (C=O) groups is 3. The molecule has 0 fully saturated rings. The molecule has 0 aliphatic heterocycles. The number of hydrogen-bond acceptors (Lipinski definition) is 6. The molecule has 0 heterocycles. The molecule has 0 N–H and O–H groups in total. The van der Waals surface area contributed by atoms with Gasteiger partial charge in [0.05, 0.1) is 0 Å². The lowest BCUT2D eigenvalue weighted by Crippen LogP contribution is -2.30. The minimum atomic E-state index is -0.774. The topological polar surface area (TPSA) is 78.9 Å². The predicted octanol–water partition coefficient (Wildman–Crippen LogP) is 18.5. The molecular weight excluding hydrogens is 793 g/mol. The second-order valence-electron chi connectivity index (χ2n) is 18.9. The molecule has 0 aromatic rings. The summed E-state index contributed by atoms with van der Waals surface area (Å²) in [5.41, 5.74) is 0. The normalized spacial score (nSPS) is 12.2. The van der Waals surface area contributed by atoms with Crippen LogP contribution in [-0.4, -0.2) is 37.2 Å². The highest BCUT2D eigenvalue weighted by Crippen LogP contribution is 2.16. The Morgan fingerprint density at radius 3 is 0.953 bits per heavy atom. The third-order valence-corrected chi connectivity index (χ3v) is 12.4. The van der Waals surface area contributed by atoms with E-state index in [1.165, 1.54) is 180 Å². The average molecular weight is 899 g/mol. The zero-order valence-electron chi connectivity index (χ0n) is 42.8. The van der Waals surface area contributed by atoms with Crippen molar-refractivity contribution in [2.45, 2.75) is 303 Å². The Hall–Kier alpha value is -2.37. The van der Waals surface area contributed by atoms with Crippen LogP contribution in [0.3, 0.4) is 0 Å². The first kappa shape index (κ1) is 61.6. The summed E-state index contributed by atoms with van der Waals surface area (Å²) >= 11 is 0. The molecule has 6 heteroatoms. The lowest BCUT2D eigenvalue weighted by atomic mass is 10.0. The first-order valence-corrected chi connectivity index (χ1v) is 28.0. The van der Waals surface area contributed by atoms with Crippen LogP contribution in [0.2, 0.25) is 0 Å². The third-order valence-electron chi connectivity index (χ3n) is 12.4. The summed E-state index contributed by atoms with van der Waals surface area (Å²) in [7, 11) is 0. The van der Waals surface area contributed by atoms with Crippen LogP contribution in [0.25, 0.3) is 0 Å². The van der Waals surface area contributed by atoms with Crippen molar-refractivity contribution in [1.29, 1.82) is 0 Å². The Bertz CT molecular complexity index is 1080. The molecule has 0 saturated heterocycles. The van der Waals surface area contributed by atoms with Crippen LogP contribution < -0.4 is 0 Å². The van der Waals surface area contributed by atoms with Gasteiger partial charge >= 0.3 is 17.9 Å². The molecule has 0 saturated carbocycles. The first-order chi connectivity index (χ1) is 31.5. The van der Waals surface area contributed by atoms with Gasteiger partial charge < -0.3 is 14.2 Å². The van der Waals surface area contributed by atoms with Crippen molar-refractivity contribution in [2.75, 3.05) is 13.2 Å². The van der Waals surface area contributed by atoms with Crippen LogP contribution >= 0.6 is 0 Å². The van der Waals surface area contributed by atoms with E-state index in [0.29, 0.717) is 19.3 Å². The monoisotopic (exact) mass is 899 g/mol. The van der Waals surface area contributed by atoms with Gasteiger partial charge in [0.15, 0.2) is 6.10 Å². The molecule has 0 radical (unpaired) electrons. The molecule has 64 heavy (non-hydrogen) atoms. The highest BCUT2D eigenvalue weighted by atomic mass is 16.6. The Labute approximate surface area is 397 Å². The van der Waals surface area contributed by atoms with E-state index in [1.54, 1.807) is 0 Å². The molecule has 374 valence electrons. The van der Waals surface area contributed by atoms with E-state index < -0.39 is 6.10 Å². The molecule has 1 atom stereocenters. The van der Waals surface area contributed by atoms with Gasteiger partial charge in [-0.2, -0.15) is 0 Å². The van der Waals surface area contributed by atoms with Gasteiger partial charge in [0.25, 0.3) is 0 Å². The number of unbranched alkanes of at least 4 members (excludes halogenated alkanes) is 35. The summed E-state index contributed by atoms with van der Waals surface area (Å²) < 4.78 is 16.8. The maximum atomic E-state index is 12.8. The van der Waals surface area contributed by atoms with E-state index >= 15 is 0 Å². The van der Waals surface area contributed by atoms with Gasteiger partial charge in [0.1, 0.15) is 13.2 Å². The zero-order valence-corrected chi connectivity index (χ0v) is 42.8. The first-order valence-electron chi connectivity index (χ1n) is 28.0. The quantitative estimate of drug-likeness (QED) is 0.0199. The minimum Gasteiger partial charge on any atom is -0.462 e. The molecule has 0 aromatic heterocycles. The summed E-state index contributed by atoms with van der Waals surface area (Å²) in [5.74, 6) is -0.876. The summed E-state index contributed by atoms with van der Waals surface area (Å²) in [5, 5.41) is 0. The number of allylic oxidation sites excluding steroid dienone is 6. The van der Waals surface area contributed by atoms with E-state index in [4.69, 9.17) is 14.2 Å². The standard InChI is InChI=1S/C58H106O6/c1-4-7-10-13-16-19-22-24-26-28-29-31-32-34-36-39-42-45-48-51-57(60)63-54-55(53-62-56(59)50-47-44-41-38-21-18-15-12-9-6-3)64-58(61)52-49-46-43-40-37-35-33-30-27-25-23-20-17-14-11-8-5-2/h15-16,18-19,22,24,55H,4-14,17,20-21,23,25-54H2,1-3H3/b18-15-,19-16-,24-22-. The van der Waals surface area contributed by atoms with E-state index in [9.17, 15) is 14.4 Å². The Morgan fingerprint density at radius 2 is 0.578 bits per heavy atom. The maximum Gasteiger partial charge on any atom is 0.306 e. The molecule has 0 aliphatic rings. The molecule has 0 spiro atoms. The van der Waals surface area contributed by atoms with Crippen molar-refractivity contribution in [3.05, 3.63) is 36.5 Å². The van der Waals surface area contributed by atoms with Crippen molar-refractivity contribution < 1.29 is 28.6 Å². The van der Waals surface area contributed by atoms with Crippen LogP contribution in [0.5, 0.6) is 0 Å². The van der Waals surface area contributed by atoms with Crippen molar-refractivity contribution in [2.24, 2.45) is 0 Å². The fourth-order valence-electron chi connectivity index (χ4n) is 8.12. The summed E-state index contributed by atoms with van der Waals surface area (Å²) in [4.78, 5) is 38.0. The van der Waals surface area contributed by atoms with Gasteiger partial charge in [0.2, 0.25) is 0 Å². The number of carbonyl (C=O) groups excluding carboxylic acids is 3. The zero-order chi connectivity index (χ0) is 46.5. The Balaban J connectivity index is 4.28. The number of ether oxygens (including phenoxy) is 3. The van der Waals surface area contributed by atoms with Crippen LogP contribution in [0, 0.1) is 0 Å². The molecule has 1 unspecified atom stereocenters. The Morgan fingerprint density at radius 1 is 0.312 bits per heavy atom. The lowest BCUT2D eigenvalue weighted by Gasteiger charge is -2.18. The van der Waals surface area contributed by atoms with Gasteiger partial charge in [-0.3, -0.25) is 14.4 Å². The predicted molar refractivity (Wildman–Crippen MR) is 275 cm³/mol. The third kappa shape index (κ3) is 50.6. The van der Waals surface area contributed by atoms with Gasteiger partial charge in [-0.15, -0.1) is 0 Å². The summed E-state index contributed by atoms with van der Waals surface area (Å²) in [6, 6.07) is 0. The fraction of sp³-hybridized carbons (Fsp3) is 0.845. The minimum absolute atomic E-state index is 0.0743. The number of esters is 3. The van der Waals surface area contributed by atoms with E-state index in [0.717, 1.165) is 77.0 Å². The average Bonchev–Trinajstić information content (AvgIpc) is 3.29. The molecule has 0 aromatic carbocycles. The fourth-order valence-corrected chi connectivity index (χ4v) is 8.12. The van der Waals surface area contributed by atoms with Crippen LogP contribution in [-0.2, 0) is 28.6 Å². The van der Waals surface area contributed by atoms with Crippen molar-refractivity contribution in [1.82, 2.24) is 0 Å². The van der Waals surface area contributed by atoms with Crippen molar-refractivity contribution in [3.63, 3.8) is 0 Å². The highest BCUT2D eigenvalue weighted by Gasteiger charge is 2.19. The highest BCUT2D eigenvalue weighted by molar-refractivity contribution is 5.71. The molecule has 0 amide bonds. The number of rotatable bonds is 51. The second-order valence-corrected chi connectivity index (χ2v) is 18.9. The van der Waals surface area contributed by atoms with Crippen LogP contribution in [0.15, 0.2) is 36.5 Å². The number of hydrogen-bond donors (Lipinski definition) is 0. The molecule has 0 rings (SSSR count). The lowest BCUT2D eigenvalue weighted by molar-refractivity contribution is -0.167. The smallest absolute Gasteiger partial charge is 0.306 e. The van der Waals surface area contributed by atoms with Gasteiger partial charge in [-0.25, -0.2) is 0 Å². The molecule has 0 aliphatic carbocycles. The van der Waals surface area contributed by atoms with Crippen molar-refractivity contribution in [3.8, 4) is 0 Å². The van der Waals surface area contributed by atoms with E-state index in [-0.39, 0.29) is 31.1 Å². The van der Waals surface area contributed by atoms with E-state index in [1.807, 2.05) is 0 Å². The summed E-state index contributed by atoms with van der Waals surface area (Å²) in [6.07, 6.45) is 62.8. The van der Waals surface area contributed by atoms with E-state index in [2.05, 4.69) is 57.2 Å². The second kappa shape index (κ2) is 53.2. The summed E-state index contributed by atoms with van der Waals surface area (Å²) in [6.45, 7) is 6.59. The molecule has 6 nitrogen and oxygen atoms in total. The van der Waals surface area contributed by atoms with Gasteiger partial charge in [-0.05, 0) is 64.2 Å². The Kier molecular flexibility index (Phi) is 51.3. The van der Waals surface area contributed by atoms with Crippen LogP contribution in [0.1, 0.15) is 297 Å². The molecule has 0 bridgehead atoms. The van der Waals surface area contributed by atoms with Gasteiger partial charge in [-0.1, -0.05) is 250 Å². The SMILES string of the molecule is CCCC/C=C\CCCCCCC(=O)OCC(COC(=O)CCCCCCCCCCCC/C=C\C=C/CCCCC)OC(=O)CCCCCCCCCCCCCCCCCCC. The van der Waals surface area contributed by atoms with Gasteiger partial charge in [0, 0.05) is 19.3 Å². The van der Waals surface area contributed by atoms with Crippen molar-refractivity contribution >= 4 is 17.9 Å². The molecular formula is C58H106O6. The maximum absolute atomic E-state index is 12.8. The van der Waals surface area contributed by atoms with Crippen LogP contribution in [0.4, 0.5) is 0 Å².